The van der Waals surface area contributed by atoms with Gasteiger partial charge in [-0.05, 0) is 30.7 Å². The molecular weight excluding hydrogens is 259 g/mol. The van der Waals surface area contributed by atoms with Crippen LogP contribution in [-0.2, 0) is 4.79 Å². The van der Waals surface area contributed by atoms with Gasteiger partial charge in [-0.15, -0.1) is 0 Å². The number of amides is 1. The van der Waals surface area contributed by atoms with Gasteiger partial charge < -0.3 is 15.4 Å². The third-order valence-electron chi connectivity index (χ3n) is 3.03. The molecule has 112 valence electrons. The molecule has 0 saturated heterocycles. The molecule has 1 rings (SSSR count). The zero-order valence-electron chi connectivity index (χ0n) is 12.1. The molecule has 0 aromatic heterocycles. The largest absolute Gasteiger partial charge is 0.492 e. The average Bonchev–Trinajstić information content (AvgIpc) is 2.41. The van der Waals surface area contributed by atoms with Crippen LogP contribution in [0.2, 0.25) is 0 Å². The first-order valence-electron chi connectivity index (χ1n) is 6.90. The van der Waals surface area contributed by atoms with Crippen LogP contribution in [0, 0.1) is 5.82 Å². The number of hydrogen-bond acceptors (Lipinski definition) is 3. The molecule has 1 aromatic carbocycles. The maximum Gasteiger partial charge on any atom is 0.223 e. The van der Waals surface area contributed by atoms with E-state index in [4.69, 9.17) is 10.5 Å². The Morgan fingerprint density at radius 2 is 2.05 bits per heavy atom. The highest BCUT2D eigenvalue weighted by atomic mass is 19.1. The SMILES string of the molecule is CCCC(N)CC(=O)N(C)CCOc1ccc(F)cc1. The first-order valence-corrected chi connectivity index (χ1v) is 6.90. The van der Waals surface area contributed by atoms with Crippen LogP contribution in [0.15, 0.2) is 24.3 Å². The smallest absolute Gasteiger partial charge is 0.223 e. The molecule has 0 aliphatic heterocycles. The predicted molar refractivity (Wildman–Crippen MR) is 77.0 cm³/mol. The van der Waals surface area contributed by atoms with Gasteiger partial charge in [0.15, 0.2) is 0 Å². The minimum Gasteiger partial charge on any atom is -0.492 e. The van der Waals surface area contributed by atoms with E-state index in [1.54, 1.807) is 24.1 Å². The van der Waals surface area contributed by atoms with Crippen LogP contribution >= 0.6 is 0 Å². The minimum absolute atomic E-state index is 0.0219. The van der Waals surface area contributed by atoms with Crippen molar-refractivity contribution in [3.63, 3.8) is 0 Å². The maximum atomic E-state index is 12.7. The zero-order chi connectivity index (χ0) is 15.0. The van der Waals surface area contributed by atoms with Crippen molar-refractivity contribution in [3.8, 4) is 5.75 Å². The predicted octanol–water partition coefficient (Wildman–Crippen LogP) is 2.18. The summed E-state index contributed by atoms with van der Waals surface area (Å²) < 4.78 is 18.1. The van der Waals surface area contributed by atoms with Gasteiger partial charge in [-0.2, -0.15) is 0 Å². The summed E-state index contributed by atoms with van der Waals surface area (Å²) in [6.07, 6.45) is 2.19. The van der Waals surface area contributed by atoms with Gasteiger partial charge in [-0.1, -0.05) is 13.3 Å². The lowest BCUT2D eigenvalue weighted by molar-refractivity contribution is -0.130. The van der Waals surface area contributed by atoms with Gasteiger partial charge in [-0.3, -0.25) is 4.79 Å². The van der Waals surface area contributed by atoms with Gasteiger partial charge in [-0.25, -0.2) is 4.39 Å². The lowest BCUT2D eigenvalue weighted by Crippen LogP contribution is -2.35. The molecule has 0 aliphatic carbocycles. The summed E-state index contributed by atoms with van der Waals surface area (Å²) in [5.41, 5.74) is 5.84. The maximum absolute atomic E-state index is 12.7. The van der Waals surface area contributed by atoms with Crippen molar-refractivity contribution in [2.45, 2.75) is 32.2 Å². The van der Waals surface area contributed by atoms with E-state index < -0.39 is 0 Å². The average molecular weight is 282 g/mol. The van der Waals surface area contributed by atoms with Gasteiger partial charge in [0.05, 0.1) is 6.54 Å². The Bertz CT molecular complexity index is 409. The summed E-state index contributed by atoms with van der Waals surface area (Å²) in [6.45, 7) is 2.90. The summed E-state index contributed by atoms with van der Waals surface area (Å²) in [6, 6.07) is 5.73. The molecule has 0 spiro atoms. The van der Waals surface area contributed by atoms with Crippen molar-refractivity contribution in [3.05, 3.63) is 30.1 Å². The topological polar surface area (TPSA) is 55.6 Å². The molecule has 20 heavy (non-hydrogen) atoms. The fourth-order valence-electron chi connectivity index (χ4n) is 1.81. The molecular formula is C15H23FN2O2. The fourth-order valence-corrected chi connectivity index (χ4v) is 1.81. The molecule has 0 bridgehead atoms. The van der Waals surface area contributed by atoms with Gasteiger partial charge >= 0.3 is 0 Å². The number of likely N-dealkylation sites (N-methyl/N-ethyl adjacent to an activating group) is 1. The van der Waals surface area contributed by atoms with E-state index in [1.807, 2.05) is 6.92 Å². The quantitative estimate of drug-likeness (QED) is 0.795. The normalized spacial score (nSPS) is 12.0. The molecule has 0 aliphatic rings. The Labute approximate surface area is 119 Å². The first-order chi connectivity index (χ1) is 9.52. The molecule has 0 saturated carbocycles. The number of carbonyl (C=O) groups excluding carboxylic acids is 1. The van der Waals surface area contributed by atoms with Crippen molar-refractivity contribution in [2.75, 3.05) is 20.2 Å². The van der Waals surface area contributed by atoms with E-state index in [-0.39, 0.29) is 17.8 Å². The molecule has 5 heteroatoms. The van der Waals surface area contributed by atoms with Crippen molar-refractivity contribution < 1.29 is 13.9 Å². The summed E-state index contributed by atoms with van der Waals surface area (Å²) in [5.74, 6) is 0.318. The van der Waals surface area contributed by atoms with E-state index in [0.29, 0.717) is 25.3 Å². The zero-order valence-corrected chi connectivity index (χ0v) is 12.1. The van der Waals surface area contributed by atoms with Crippen molar-refractivity contribution in [2.24, 2.45) is 5.73 Å². The van der Waals surface area contributed by atoms with Crippen LogP contribution in [0.5, 0.6) is 5.75 Å². The number of rotatable bonds is 8. The van der Waals surface area contributed by atoms with E-state index in [0.717, 1.165) is 12.8 Å². The summed E-state index contributed by atoms with van der Waals surface area (Å²) >= 11 is 0. The highest BCUT2D eigenvalue weighted by molar-refractivity contribution is 5.76. The van der Waals surface area contributed by atoms with Crippen LogP contribution in [0.3, 0.4) is 0 Å². The molecule has 0 radical (unpaired) electrons. The van der Waals surface area contributed by atoms with Gasteiger partial charge in [0.1, 0.15) is 18.2 Å². The number of ether oxygens (including phenoxy) is 1. The highest BCUT2D eigenvalue weighted by Gasteiger charge is 2.13. The number of benzene rings is 1. The highest BCUT2D eigenvalue weighted by Crippen LogP contribution is 2.11. The summed E-state index contributed by atoms with van der Waals surface area (Å²) in [5, 5.41) is 0. The Morgan fingerprint density at radius 1 is 1.40 bits per heavy atom. The van der Waals surface area contributed by atoms with E-state index in [1.165, 1.54) is 12.1 Å². The Kier molecular flexibility index (Phi) is 7.01. The van der Waals surface area contributed by atoms with Crippen LogP contribution in [0.1, 0.15) is 26.2 Å². The molecule has 0 fully saturated rings. The van der Waals surface area contributed by atoms with Crippen molar-refractivity contribution in [1.82, 2.24) is 4.90 Å². The molecule has 1 amide bonds. The molecule has 2 N–H and O–H groups in total. The number of carbonyl (C=O) groups is 1. The van der Waals surface area contributed by atoms with Crippen LogP contribution < -0.4 is 10.5 Å². The summed E-state index contributed by atoms with van der Waals surface area (Å²) in [4.78, 5) is 13.5. The van der Waals surface area contributed by atoms with Gasteiger partial charge in [0.2, 0.25) is 5.91 Å². The number of nitrogens with two attached hydrogens (primary N) is 1. The Balaban J connectivity index is 2.26. The van der Waals surface area contributed by atoms with Gasteiger partial charge in [0, 0.05) is 19.5 Å². The molecule has 1 unspecified atom stereocenters. The Morgan fingerprint density at radius 3 is 2.65 bits per heavy atom. The van der Waals surface area contributed by atoms with Crippen LogP contribution in [0.25, 0.3) is 0 Å². The monoisotopic (exact) mass is 282 g/mol. The van der Waals surface area contributed by atoms with E-state index in [2.05, 4.69) is 0 Å². The number of nitrogens with zero attached hydrogens (tertiary/aromatic N) is 1. The van der Waals surface area contributed by atoms with Gasteiger partial charge in [0.25, 0.3) is 0 Å². The van der Waals surface area contributed by atoms with E-state index in [9.17, 15) is 9.18 Å². The third-order valence-corrected chi connectivity index (χ3v) is 3.03. The van der Waals surface area contributed by atoms with Crippen LogP contribution in [-0.4, -0.2) is 37.0 Å². The standard InChI is InChI=1S/C15H23FN2O2/c1-3-4-13(17)11-15(19)18(2)9-10-20-14-7-5-12(16)6-8-14/h5-8,13H,3-4,9-11,17H2,1-2H3. The second kappa shape index (κ2) is 8.53. The Hall–Kier alpha value is -1.62. The van der Waals surface area contributed by atoms with Crippen molar-refractivity contribution >= 4 is 5.91 Å². The molecule has 1 aromatic rings. The first kappa shape index (κ1) is 16.4. The molecule has 4 nitrogen and oxygen atoms in total. The number of halogens is 1. The van der Waals surface area contributed by atoms with Crippen molar-refractivity contribution in [1.29, 1.82) is 0 Å². The lowest BCUT2D eigenvalue weighted by Gasteiger charge is -2.19. The summed E-state index contributed by atoms with van der Waals surface area (Å²) in [7, 11) is 1.73. The fraction of sp³-hybridized carbons (Fsp3) is 0.533. The molecule has 1 atom stereocenters. The number of hydrogen-bond donors (Lipinski definition) is 1. The van der Waals surface area contributed by atoms with E-state index >= 15 is 0 Å². The lowest BCUT2D eigenvalue weighted by atomic mass is 10.1. The third kappa shape index (κ3) is 6.02. The molecule has 0 heterocycles. The second-order valence-corrected chi connectivity index (χ2v) is 4.87. The van der Waals surface area contributed by atoms with Crippen LogP contribution in [0.4, 0.5) is 4.39 Å². The minimum atomic E-state index is -0.297. The second-order valence-electron chi connectivity index (χ2n) is 4.87.